The Bertz CT molecular complexity index is 1610. The molecule has 0 aliphatic heterocycles. The summed E-state index contributed by atoms with van der Waals surface area (Å²) in [6.07, 6.45) is 0. The van der Waals surface area contributed by atoms with E-state index in [0.717, 1.165) is 0 Å². The van der Waals surface area contributed by atoms with Crippen molar-refractivity contribution in [3.63, 3.8) is 0 Å². The van der Waals surface area contributed by atoms with Crippen LogP contribution in [0.4, 0.5) is 17.2 Å². The lowest BCUT2D eigenvalue weighted by molar-refractivity contribution is 0.416. The number of hydrogen-bond donors (Lipinski definition) is 3. The number of rotatable bonds is 5. The Kier molecular flexibility index (Phi) is 5.38. The number of nitrogen functional groups attached to an aromatic ring is 1. The van der Waals surface area contributed by atoms with Crippen molar-refractivity contribution in [2.45, 2.75) is 4.90 Å². The summed E-state index contributed by atoms with van der Waals surface area (Å²) in [5.74, 6) is 0.347. The molecule has 166 valence electrons. The minimum atomic E-state index is -3.85. The summed E-state index contributed by atoms with van der Waals surface area (Å²) in [6, 6.07) is 14.2. The minimum absolute atomic E-state index is 0.0420. The van der Waals surface area contributed by atoms with Crippen LogP contribution in [0.15, 0.2) is 68.4 Å². The van der Waals surface area contributed by atoms with Gasteiger partial charge in [-0.05, 0) is 36.4 Å². The van der Waals surface area contributed by atoms with E-state index in [9.17, 15) is 18.5 Å². The molecule has 33 heavy (non-hydrogen) atoms. The number of nitrogens with two attached hydrogens (primary N) is 2. The van der Waals surface area contributed by atoms with E-state index in [4.69, 9.17) is 15.6 Å². The Morgan fingerprint density at radius 2 is 1.85 bits per heavy atom. The average Bonchev–Trinajstić information content (AvgIpc) is 3.10. The normalized spacial score (nSPS) is 11.7. The molecule has 0 amide bonds. The lowest BCUT2D eigenvalue weighted by Crippen LogP contribution is -2.11. The molecule has 0 unspecified atom stereocenters. The number of azo groups is 1. The quantitative estimate of drug-likeness (QED) is 0.376. The van der Waals surface area contributed by atoms with Gasteiger partial charge in [-0.15, -0.1) is 5.11 Å². The van der Waals surface area contributed by atoms with E-state index in [1.165, 1.54) is 35.9 Å². The second-order valence-electron chi connectivity index (χ2n) is 6.72. The summed E-state index contributed by atoms with van der Waals surface area (Å²) in [6.45, 7) is 0. The summed E-state index contributed by atoms with van der Waals surface area (Å²) in [7, 11) is -2.37. The highest BCUT2D eigenvalue weighted by atomic mass is 32.2. The van der Waals surface area contributed by atoms with Crippen LogP contribution in [0.3, 0.4) is 0 Å². The molecule has 0 aliphatic carbocycles. The third-order valence-electron chi connectivity index (χ3n) is 4.70. The summed E-state index contributed by atoms with van der Waals surface area (Å²) in [4.78, 5) is 16.7. The van der Waals surface area contributed by atoms with Gasteiger partial charge in [0.2, 0.25) is 10.0 Å². The monoisotopic (exact) mass is 464 g/mol. The van der Waals surface area contributed by atoms with Crippen molar-refractivity contribution in [2.24, 2.45) is 15.4 Å². The zero-order chi connectivity index (χ0) is 23.8. The van der Waals surface area contributed by atoms with Gasteiger partial charge in [0.05, 0.1) is 23.4 Å². The third-order valence-corrected chi connectivity index (χ3v) is 5.63. The molecule has 12 nitrogen and oxygen atoms in total. The van der Waals surface area contributed by atoms with Crippen molar-refractivity contribution < 1.29 is 13.2 Å². The average molecular weight is 464 g/mol. The number of nitriles is 1. The Labute approximate surface area is 186 Å². The maximum Gasteiger partial charge on any atom is 0.294 e. The van der Waals surface area contributed by atoms with Gasteiger partial charge in [0.1, 0.15) is 23.2 Å². The van der Waals surface area contributed by atoms with Crippen LogP contribution in [-0.2, 0) is 10.0 Å². The number of ether oxygens (including phenoxy) is 1. The van der Waals surface area contributed by atoms with Crippen LogP contribution in [0.1, 0.15) is 5.56 Å². The van der Waals surface area contributed by atoms with Crippen molar-refractivity contribution in [3.05, 3.63) is 64.4 Å². The van der Waals surface area contributed by atoms with Crippen LogP contribution in [0.5, 0.6) is 5.75 Å². The number of nitrogens with one attached hydrogen (secondary N) is 1. The number of aromatic amines is 1. The largest absolute Gasteiger partial charge is 0.496 e. The molecule has 5 N–H and O–H groups in total. The topological polar surface area (TPSA) is 194 Å². The Morgan fingerprint density at radius 1 is 1.15 bits per heavy atom. The Morgan fingerprint density at radius 3 is 2.48 bits per heavy atom. The summed E-state index contributed by atoms with van der Waals surface area (Å²) < 4.78 is 29.5. The fraction of sp³-hybridized carbons (Fsp3) is 0.0500. The second-order valence-corrected chi connectivity index (χ2v) is 8.28. The molecule has 0 spiro atoms. The molecule has 13 heteroatoms. The number of para-hydroxylation sites is 1. The molecular weight excluding hydrogens is 448 g/mol. The van der Waals surface area contributed by atoms with E-state index in [0.29, 0.717) is 11.3 Å². The zero-order valence-electron chi connectivity index (χ0n) is 17.1. The summed E-state index contributed by atoms with van der Waals surface area (Å²) in [5.41, 5.74) is 6.38. The highest BCUT2D eigenvalue weighted by Gasteiger charge is 2.22. The van der Waals surface area contributed by atoms with Crippen LogP contribution in [0, 0.1) is 11.3 Å². The van der Waals surface area contributed by atoms with E-state index in [2.05, 4.69) is 20.3 Å². The SMILES string of the molecule is COc1ccccc1-c1c(C#N)c(N)nc2c(N=Nc3ccc(S(N)(=O)=O)cc3)c(=O)[nH]n12. The Hall–Kier alpha value is -4.54. The van der Waals surface area contributed by atoms with E-state index < -0.39 is 15.6 Å². The van der Waals surface area contributed by atoms with Gasteiger partial charge >= 0.3 is 0 Å². The molecule has 0 atom stereocenters. The molecule has 2 heterocycles. The summed E-state index contributed by atoms with van der Waals surface area (Å²) in [5, 5.41) is 25.3. The van der Waals surface area contributed by atoms with Crippen LogP contribution >= 0.6 is 0 Å². The molecule has 0 fully saturated rings. The van der Waals surface area contributed by atoms with Gasteiger partial charge in [0.25, 0.3) is 5.56 Å². The number of methoxy groups -OCH3 is 1. The highest BCUT2D eigenvalue weighted by Crippen LogP contribution is 2.35. The van der Waals surface area contributed by atoms with Crippen molar-refractivity contribution in [1.82, 2.24) is 14.6 Å². The molecule has 0 saturated carbocycles. The first-order chi connectivity index (χ1) is 15.7. The predicted octanol–water partition coefficient (Wildman–Crippen LogP) is 2.21. The molecule has 2 aromatic heterocycles. The maximum absolute atomic E-state index is 12.7. The van der Waals surface area contributed by atoms with E-state index >= 15 is 0 Å². The standard InChI is InChI=1S/C20H16N8O4S/c1-32-15-5-3-2-4-13(15)17-14(10-21)18(22)24-19-16(20(29)27-28(17)19)26-25-11-6-8-12(9-7-11)33(23,30)31/h2-9H,1H3,(H2,22,24)(H,27,29)(H2,23,30,31). The predicted molar refractivity (Wildman–Crippen MR) is 119 cm³/mol. The number of H-pyrrole nitrogens is 1. The number of fused-ring (bicyclic) bond motifs is 1. The molecule has 0 bridgehead atoms. The number of aromatic nitrogens is 3. The lowest BCUT2D eigenvalue weighted by atomic mass is 10.1. The first kappa shape index (κ1) is 21.7. The third kappa shape index (κ3) is 3.91. The van der Waals surface area contributed by atoms with E-state index in [-0.39, 0.29) is 39.0 Å². The molecule has 4 aromatic rings. The van der Waals surface area contributed by atoms with E-state index in [1.54, 1.807) is 24.3 Å². The summed E-state index contributed by atoms with van der Waals surface area (Å²) >= 11 is 0. The molecule has 0 radical (unpaired) electrons. The van der Waals surface area contributed by atoms with E-state index in [1.807, 2.05) is 6.07 Å². The highest BCUT2D eigenvalue weighted by molar-refractivity contribution is 7.89. The van der Waals surface area contributed by atoms with Gasteiger partial charge in [0.15, 0.2) is 11.3 Å². The number of primary sulfonamides is 1. The number of hydrogen-bond acceptors (Lipinski definition) is 9. The number of benzene rings is 2. The van der Waals surface area contributed by atoms with Crippen molar-refractivity contribution in [2.75, 3.05) is 12.8 Å². The smallest absolute Gasteiger partial charge is 0.294 e. The maximum atomic E-state index is 12.7. The van der Waals surface area contributed by atoms with Crippen molar-refractivity contribution in [1.29, 1.82) is 5.26 Å². The molecule has 0 saturated heterocycles. The van der Waals surface area contributed by atoms with Gasteiger partial charge in [-0.2, -0.15) is 10.4 Å². The van der Waals surface area contributed by atoms with Crippen molar-refractivity contribution >= 4 is 32.9 Å². The van der Waals surface area contributed by atoms with Gasteiger partial charge in [-0.1, -0.05) is 12.1 Å². The van der Waals surface area contributed by atoms with Gasteiger partial charge in [-0.25, -0.2) is 23.1 Å². The van der Waals surface area contributed by atoms with Crippen LogP contribution in [0.25, 0.3) is 16.9 Å². The minimum Gasteiger partial charge on any atom is -0.496 e. The molecule has 2 aromatic carbocycles. The van der Waals surface area contributed by atoms with Gasteiger partial charge < -0.3 is 10.5 Å². The fourth-order valence-electron chi connectivity index (χ4n) is 3.19. The number of sulfonamides is 1. The first-order valence-corrected chi connectivity index (χ1v) is 10.8. The number of anilines is 1. The van der Waals surface area contributed by atoms with Crippen molar-refractivity contribution in [3.8, 4) is 23.1 Å². The van der Waals surface area contributed by atoms with Gasteiger partial charge in [-0.3, -0.25) is 9.89 Å². The van der Waals surface area contributed by atoms with Crippen LogP contribution in [-0.4, -0.2) is 30.1 Å². The number of nitrogens with zero attached hydrogens (tertiary/aromatic N) is 5. The molecule has 0 aliphatic rings. The second kappa shape index (κ2) is 8.19. The molecule has 4 rings (SSSR count). The van der Waals surface area contributed by atoms with Crippen LogP contribution < -0.4 is 21.2 Å². The molecular formula is C20H16N8O4S. The first-order valence-electron chi connectivity index (χ1n) is 9.27. The fourth-order valence-corrected chi connectivity index (χ4v) is 3.70. The van der Waals surface area contributed by atoms with Crippen LogP contribution in [0.2, 0.25) is 0 Å². The van der Waals surface area contributed by atoms with Gasteiger partial charge in [0, 0.05) is 5.56 Å². The Balaban J connectivity index is 1.90. The lowest BCUT2D eigenvalue weighted by Gasteiger charge is -2.13. The zero-order valence-corrected chi connectivity index (χ0v) is 17.9.